The Bertz CT molecular complexity index is 1040. The van der Waals surface area contributed by atoms with Crippen LogP contribution in [0.1, 0.15) is 11.1 Å². The molecule has 0 amide bonds. The highest BCUT2D eigenvalue weighted by Gasteiger charge is 2.08. The van der Waals surface area contributed by atoms with Gasteiger partial charge in [0.15, 0.2) is 0 Å². The maximum absolute atomic E-state index is 10.9. The van der Waals surface area contributed by atoms with E-state index in [1.165, 1.54) is 42.5 Å². The van der Waals surface area contributed by atoms with E-state index in [-0.39, 0.29) is 20.3 Å². The van der Waals surface area contributed by atoms with Crippen molar-refractivity contribution >= 4 is 37.3 Å². The summed E-state index contributed by atoms with van der Waals surface area (Å²) in [5.74, 6) is 0. The molecular formula is C14H14N4O4S3. The summed E-state index contributed by atoms with van der Waals surface area (Å²) >= 11 is 4.69. The van der Waals surface area contributed by atoms with Crippen molar-refractivity contribution in [3.8, 4) is 6.07 Å². The first-order valence-corrected chi connectivity index (χ1v) is 9.91. The molecular weight excluding hydrogens is 384 g/mol. The van der Waals surface area contributed by atoms with Crippen LogP contribution in [0.4, 0.5) is 0 Å². The molecule has 0 aliphatic rings. The highest BCUT2D eigenvalue weighted by molar-refractivity contribution is 7.89. The minimum Gasteiger partial charge on any atom is -0.389 e. The number of rotatable bonds is 3. The quantitative estimate of drug-likeness (QED) is 0.619. The van der Waals surface area contributed by atoms with Crippen molar-refractivity contribution in [3.05, 3.63) is 59.7 Å². The molecule has 0 aliphatic heterocycles. The Morgan fingerprint density at radius 3 is 1.84 bits per heavy atom. The minimum atomic E-state index is -3.69. The number of hydrogen-bond donors (Lipinski definition) is 3. The van der Waals surface area contributed by atoms with E-state index < -0.39 is 20.0 Å². The van der Waals surface area contributed by atoms with Crippen LogP contribution in [0.3, 0.4) is 0 Å². The monoisotopic (exact) mass is 398 g/mol. The SMILES string of the molecule is N#Cc1cccc(S(N)(=O)=O)c1.NC(=S)c1cccc(S(N)(=O)=O)c1. The van der Waals surface area contributed by atoms with Crippen LogP contribution in [-0.4, -0.2) is 21.8 Å². The molecule has 25 heavy (non-hydrogen) atoms. The predicted octanol–water partition coefficient (Wildman–Crippen LogP) is 0.174. The van der Waals surface area contributed by atoms with Crippen molar-refractivity contribution < 1.29 is 16.8 Å². The lowest BCUT2D eigenvalue weighted by molar-refractivity contribution is 0.596. The molecule has 2 rings (SSSR count). The Balaban J connectivity index is 0.000000251. The van der Waals surface area contributed by atoms with Gasteiger partial charge in [0.1, 0.15) is 4.99 Å². The number of nitrogens with zero attached hydrogens (tertiary/aromatic N) is 1. The van der Waals surface area contributed by atoms with Crippen molar-refractivity contribution in [3.63, 3.8) is 0 Å². The van der Waals surface area contributed by atoms with E-state index in [1.807, 2.05) is 6.07 Å². The molecule has 132 valence electrons. The fourth-order valence-electron chi connectivity index (χ4n) is 1.57. The maximum Gasteiger partial charge on any atom is 0.238 e. The van der Waals surface area contributed by atoms with Crippen molar-refractivity contribution in [2.24, 2.45) is 16.0 Å². The average Bonchev–Trinajstić information content (AvgIpc) is 2.54. The summed E-state index contributed by atoms with van der Waals surface area (Å²) in [7, 11) is -7.36. The second kappa shape index (κ2) is 8.15. The zero-order valence-electron chi connectivity index (χ0n) is 12.7. The van der Waals surface area contributed by atoms with E-state index in [1.54, 1.807) is 6.07 Å². The number of benzene rings is 2. The molecule has 0 bridgehead atoms. The molecule has 11 heteroatoms. The molecule has 6 N–H and O–H groups in total. The van der Waals surface area contributed by atoms with Crippen LogP contribution < -0.4 is 16.0 Å². The maximum atomic E-state index is 10.9. The summed E-state index contributed by atoms with van der Waals surface area (Å²) in [5.41, 5.74) is 6.09. The Hall–Kier alpha value is -2.36. The van der Waals surface area contributed by atoms with Gasteiger partial charge in [-0.25, -0.2) is 27.1 Å². The Morgan fingerprint density at radius 2 is 1.40 bits per heavy atom. The van der Waals surface area contributed by atoms with E-state index in [0.29, 0.717) is 5.56 Å². The van der Waals surface area contributed by atoms with Gasteiger partial charge in [-0.1, -0.05) is 30.4 Å². The number of thiocarbonyl (C=S) groups is 1. The summed E-state index contributed by atoms with van der Waals surface area (Å²) in [4.78, 5) is 0.116. The van der Waals surface area contributed by atoms with Crippen LogP contribution in [0.15, 0.2) is 58.3 Å². The summed E-state index contributed by atoms with van der Waals surface area (Å²) in [6.07, 6.45) is 0. The zero-order chi connectivity index (χ0) is 19.3. The van der Waals surface area contributed by atoms with Gasteiger partial charge in [0.25, 0.3) is 0 Å². The Kier molecular flexibility index (Phi) is 6.74. The van der Waals surface area contributed by atoms with Gasteiger partial charge in [0.05, 0.1) is 21.4 Å². The third-order valence-corrected chi connectivity index (χ3v) is 4.80. The Labute approximate surface area is 151 Å². The molecule has 0 saturated heterocycles. The zero-order valence-corrected chi connectivity index (χ0v) is 15.1. The highest BCUT2D eigenvalue weighted by Crippen LogP contribution is 2.09. The van der Waals surface area contributed by atoms with Crippen LogP contribution in [0.5, 0.6) is 0 Å². The average molecular weight is 398 g/mol. The molecule has 2 aromatic carbocycles. The summed E-state index contributed by atoms with van der Waals surface area (Å²) < 4.78 is 43.3. The van der Waals surface area contributed by atoms with E-state index in [2.05, 4.69) is 12.2 Å². The van der Waals surface area contributed by atoms with Crippen LogP contribution >= 0.6 is 12.2 Å². The lowest BCUT2D eigenvalue weighted by Gasteiger charge is -2.00. The van der Waals surface area contributed by atoms with Crippen molar-refractivity contribution in [2.75, 3.05) is 0 Å². The van der Waals surface area contributed by atoms with Crippen LogP contribution in [-0.2, 0) is 20.0 Å². The third-order valence-electron chi connectivity index (χ3n) is 2.74. The fraction of sp³-hybridized carbons (Fsp3) is 0. The first-order chi connectivity index (χ1) is 11.4. The molecule has 8 nitrogen and oxygen atoms in total. The van der Waals surface area contributed by atoms with Gasteiger partial charge in [-0.2, -0.15) is 5.26 Å². The largest absolute Gasteiger partial charge is 0.389 e. The molecule has 0 atom stereocenters. The van der Waals surface area contributed by atoms with Gasteiger partial charge in [-0.15, -0.1) is 0 Å². The molecule has 0 saturated carbocycles. The van der Waals surface area contributed by atoms with Crippen molar-refractivity contribution in [1.29, 1.82) is 5.26 Å². The summed E-state index contributed by atoms with van der Waals surface area (Å²) in [5, 5.41) is 18.2. The molecule has 0 radical (unpaired) electrons. The van der Waals surface area contributed by atoms with Crippen molar-refractivity contribution in [2.45, 2.75) is 9.79 Å². The van der Waals surface area contributed by atoms with E-state index >= 15 is 0 Å². The molecule has 2 aromatic rings. The van der Waals surface area contributed by atoms with E-state index in [4.69, 9.17) is 21.3 Å². The molecule has 0 aromatic heterocycles. The number of nitrogens with two attached hydrogens (primary N) is 3. The topological polar surface area (TPSA) is 170 Å². The number of sulfonamides is 2. The van der Waals surface area contributed by atoms with Gasteiger partial charge < -0.3 is 5.73 Å². The lowest BCUT2D eigenvalue weighted by Crippen LogP contribution is -2.14. The summed E-state index contributed by atoms with van der Waals surface area (Å²) in [6.45, 7) is 0. The minimum absolute atomic E-state index is 0.0119. The molecule has 0 aliphatic carbocycles. The number of hydrogen-bond acceptors (Lipinski definition) is 6. The van der Waals surface area contributed by atoms with Crippen LogP contribution in [0.2, 0.25) is 0 Å². The number of nitriles is 1. The molecule has 0 unspecified atom stereocenters. The molecule has 0 fully saturated rings. The van der Waals surface area contributed by atoms with Crippen molar-refractivity contribution in [1.82, 2.24) is 0 Å². The smallest absolute Gasteiger partial charge is 0.238 e. The Morgan fingerprint density at radius 1 is 0.920 bits per heavy atom. The molecule has 0 heterocycles. The number of primary sulfonamides is 2. The fourth-order valence-corrected chi connectivity index (χ4v) is 2.81. The molecule has 0 spiro atoms. The second-order valence-electron chi connectivity index (χ2n) is 4.62. The first-order valence-electron chi connectivity index (χ1n) is 6.41. The summed E-state index contributed by atoms with van der Waals surface area (Å²) in [6, 6.07) is 13.3. The van der Waals surface area contributed by atoms with Gasteiger partial charge >= 0.3 is 0 Å². The predicted molar refractivity (Wildman–Crippen MR) is 96.2 cm³/mol. The highest BCUT2D eigenvalue weighted by atomic mass is 32.2. The van der Waals surface area contributed by atoms with Crippen LogP contribution in [0.25, 0.3) is 0 Å². The van der Waals surface area contributed by atoms with E-state index in [0.717, 1.165) is 0 Å². The standard InChI is InChI=1S/C7H8N2O2S2.C7H6N2O2S/c8-7(12)5-2-1-3-6(4-5)13(9,10)11;8-5-6-2-1-3-7(4-6)12(9,10)11/h1-4H,(H2,8,12)(H2,9,10,11);1-4H,(H2,9,10,11). The third kappa shape index (κ3) is 6.57. The van der Waals surface area contributed by atoms with E-state index in [9.17, 15) is 16.8 Å². The second-order valence-corrected chi connectivity index (χ2v) is 8.18. The van der Waals surface area contributed by atoms with Gasteiger partial charge in [-0.05, 0) is 30.3 Å². The lowest BCUT2D eigenvalue weighted by atomic mass is 10.2. The van der Waals surface area contributed by atoms with Gasteiger partial charge in [-0.3, -0.25) is 0 Å². The normalized spacial score (nSPS) is 10.9. The van der Waals surface area contributed by atoms with Crippen LogP contribution in [0, 0.1) is 11.3 Å². The van der Waals surface area contributed by atoms with Gasteiger partial charge in [0, 0.05) is 5.56 Å². The first kappa shape index (κ1) is 20.7. The van der Waals surface area contributed by atoms with Gasteiger partial charge in [0.2, 0.25) is 20.0 Å².